The van der Waals surface area contributed by atoms with Gasteiger partial charge < -0.3 is 5.32 Å². The molecule has 0 aliphatic carbocycles. The predicted octanol–water partition coefficient (Wildman–Crippen LogP) is 4.15. The Kier molecular flexibility index (Phi) is 5.37. The Balaban J connectivity index is 2.15. The summed E-state index contributed by atoms with van der Waals surface area (Å²) in [5.74, 6) is -0.389. The number of hydrogen-bond acceptors (Lipinski definition) is 2. The summed E-state index contributed by atoms with van der Waals surface area (Å²) in [6.45, 7) is 4.28. The molecule has 21 heavy (non-hydrogen) atoms. The summed E-state index contributed by atoms with van der Waals surface area (Å²) in [5.41, 5.74) is 1.86. The highest BCUT2D eigenvalue weighted by atomic mass is 35.5. The molecule has 0 aliphatic heterocycles. The van der Waals surface area contributed by atoms with Gasteiger partial charge in [0.25, 0.3) is 0 Å². The Hall–Kier alpha value is -1.39. The van der Waals surface area contributed by atoms with Gasteiger partial charge in [0.1, 0.15) is 5.82 Å². The number of nitrogens with zero attached hydrogens (tertiary/aromatic N) is 2. The maximum atomic E-state index is 13.6. The van der Waals surface area contributed by atoms with E-state index in [1.165, 1.54) is 6.07 Å². The Labute approximate surface area is 130 Å². The van der Waals surface area contributed by atoms with Crippen LogP contribution < -0.4 is 5.32 Å². The van der Waals surface area contributed by atoms with Gasteiger partial charge in [-0.15, -0.1) is 0 Å². The molecule has 0 bridgehead atoms. The van der Waals surface area contributed by atoms with Crippen molar-refractivity contribution in [3.8, 4) is 0 Å². The Morgan fingerprint density at radius 1 is 1.38 bits per heavy atom. The summed E-state index contributed by atoms with van der Waals surface area (Å²) in [6.07, 6.45) is 3.75. The zero-order valence-electron chi connectivity index (χ0n) is 12.6. The number of nitrogens with one attached hydrogen (secondary N) is 1. The van der Waals surface area contributed by atoms with Crippen molar-refractivity contribution in [2.45, 2.75) is 38.8 Å². The molecule has 1 N–H and O–H groups in total. The number of aromatic nitrogens is 2. The normalized spacial score (nSPS) is 14.1. The highest BCUT2D eigenvalue weighted by Gasteiger charge is 2.14. The van der Waals surface area contributed by atoms with Gasteiger partial charge in [0.15, 0.2) is 0 Å². The number of rotatable bonds is 6. The molecule has 2 unspecified atom stereocenters. The highest BCUT2D eigenvalue weighted by Crippen LogP contribution is 2.23. The fourth-order valence-corrected chi connectivity index (χ4v) is 2.36. The van der Waals surface area contributed by atoms with Gasteiger partial charge >= 0.3 is 0 Å². The first kappa shape index (κ1) is 16.0. The van der Waals surface area contributed by atoms with Crippen LogP contribution in [-0.2, 0) is 6.42 Å². The fraction of sp³-hybridized carbons (Fsp3) is 0.438. The maximum Gasteiger partial charge on any atom is 0.142 e. The van der Waals surface area contributed by atoms with Gasteiger partial charge in [0.2, 0.25) is 0 Å². The van der Waals surface area contributed by atoms with E-state index in [-0.39, 0.29) is 16.9 Å². The van der Waals surface area contributed by atoms with Gasteiger partial charge in [0.05, 0.1) is 10.7 Å². The van der Waals surface area contributed by atoms with Crippen molar-refractivity contribution in [2.75, 3.05) is 7.05 Å². The standard InChI is InChI=1S/C16H21ClFN3/c1-4-11(2)21-8-7-13(20-21)10-16(19-3)12-5-6-14(17)15(18)9-12/h5-9,11,16,19H,4,10H2,1-3H3. The average Bonchev–Trinajstić information content (AvgIpc) is 2.95. The average molecular weight is 310 g/mol. The SMILES string of the molecule is CCC(C)n1ccc(CC(NC)c2ccc(Cl)c(F)c2)n1. The quantitative estimate of drug-likeness (QED) is 0.868. The third-order valence-electron chi connectivity index (χ3n) is 3.81. The van der Waals surface area contributed by atoms with Gasteiger partial charge in [-0.3, -0.25) is 4.68 Å². The third-order valence-corrected chi connectivity index (χ3v) is 4.12. The smallest absolute Gasteiger partial charge is 0.142 e. The first-order valence-corrected chi connectivity index (χ1v) is 7.59. The lowest BCUT2D eigenvalue weighted by atomic mass is 10.0. The molecule has 2 aromatic rings. The van der Waals surface area contributed by atoms with E-state index in [2.05, 4.69) is 24.3 Å². The number of likely N-dealkylation sites (N-methyl/N-ethyl adjacent to an activating group) is 1. The van der Waals surface area contributed by atoms with E-state index in [1.54, 1.807) is 6.07 Å². The van der Waals surface area contributed by atoms with Crippen LogP contribution >= 0.6 is 11.6 Å². The summed E-state index contributed by atoms with van der Waals surface area (Å²) in [7, 11) is 1.86. The molecule has 2 rings (SSSR count). The van der Waals surface area contributed by atoms with Crippen LogP contribution in [0, 0.1) is 5.82 Å². The molecule has 0 aliphatic rings. The van der Waals surface area contributed by atoms with E-state index >= 15 is 0 Å². The van der Waals surface area contributed by atoms with Crippen molar-refractivity contribution in [1.29, 1.82) is 0 Å². The van der Waals surface area contributed by atoms with Crippen LogP contribution in [-0.4, -0.2) is 16.8 Å². The lowest BCUT2D eigenvalue weighted by molar-refractivity contribution is 0.469. The molecule has 0 radical (unpaired) electrons. The zero-order valence-corrected chi connectivity index (χ0v) is 13.4. The topological polar surface area (TPSA) is 29.9 Å². The van der Waals surface area contributed by atoms with E-state index in [4.69, 9.17) is 11.6 Å². The first-order valence-electron chi connectivity index (χ1n) is 7.21. The van der Waals surface area contributed by atoms with Crippen LogP contribution in [0.4, 0.5) is 4.39 Å². The van der Waals surface area contributed by atoms with E-state index < -0.39 is 0 Å². The van der Waals surface area contributed by atoms with Gasteiger partial charge in [-0.2, -0.15) is 5.10 Å². The molecular weight excluding hydrogens is 289 g/mol. The van der Waals surface area contributed by atoms with Gasteiger partial charge in [-0.25, -0.2) is 4.39 Å². The van der Waals surface area contributed by atoms with Crippen LogP contribution in [0.2, 0.25) is 5.02 Å². The summed E-state index contributed by atoms with van der Waals surface area (Å²) in [5, 5.41) is 7.95. The van der Waals surface area contributed by atoms with E-state index in [9.17, 15) is 4.39 Å². The van der Waals surface area contributed by atoms with Gasteiger partial charge in [0, 0.05) is 24.7 Å². The summed E-state index contributed by atoms with van der Waals surface area (Å²) < 4.78 is 15.6. The van der Waals surface area contributed by atoms with Crippen molar-refractivity contribution in [3.63, 3.8) is 0 Å². The van der Waals surface area contributed by atoms with Crippen molar-refractivity contribution < 1.29 is 4.39 Å². The molecule has 2 atom stereocenters. The van der Waals surface area contributed by atoms with Crippen LogP contribution in [0.3, 0.4) is 0 Å². The van der Waals surface area contributed by atoms with Crippen molar-refractivity contribution >= 4 is 11.6 Å². The summed E-state index contributed by atoms with van der Waals surface area (Å²) in [4.78, 5) is 0. The Bertz CT molecular complexity index is 597. The Morgan fingerprint density at radius 2 is 2.14 bits per heavy atom. The summed E-state index contributed by atoms with van der Waals surface area (Å²) in [6, 6.07) is 7.33. The number of hydrogen-bond donors (Lipinski definition) is 1. The minimum Gasteiger partial charge on any atom is -0.313 e. The van der Waals surface area contributed by atoms with Crippen molar-refractivity contribution in [1.82, 2.24) is 15.1 Å². The maximum absolute atomic E-state index is 13.6. The van der Waals surface area contributed by atoms with Gasteiger partial charge in [-0.05, 0) is 44.2 Å². The van der Waals surface area contributed by atoms with Crippen molar-refractivity contribution in [3.05, 3.63) is 52.6 Å². The van der Waals surface area contributed by atoms with Crippen LogP contribution in [0.5, 0.6) is 0 Å². The van der Waals surface area contributed by atoms with Crippen LogP contribution in [0.25, 0.3) is 0 Å². The molecule has 0 amide bonds. The monoisotopic (exact) mass is 309 g/mol. The second-order valence-corrected chi connectivity index (χ2v) is 5.67. The second kappa shape index (κ2) is 7.05. The molecule has 0 spiro atoms. The van der Waals surface area contributed by atoms with E-state index in [1.807, 2.05) is 30.1 Å². The first-order chi connectivity index (χ1) is 10.0. The predicted molar refractivity (Wildman–Crippen MR) is 84.1 cm³/mol. The molecule has 114 valence electrons. The molecule has 1 heterocycles. The largest absolute Gasteiger partial charge is 0.313 e. The molecular formula is C16H21ClFN3. The minimum atomic E-state index is -0.389. The molecule has 0 saturated carbocycles. The Morgan fingerprint density at radius 3 is 2.76 bits per heavy atom. The number of halogens is 2. The minimum absolute atomic E-state index is 0.0112. The second-order valence-electron chi connectivity index (χ2n) is 5.26. The lowest BCUT2D eigenvalue weighted by Gasteiger charge is -2.16. The highest BCUT2D eigenvalue weighted by molar-refractivity contribution is 6.30. The lowest BCUT2D eigenvalue weighted by Crippen LogP contribution is -2.19. The van der Waals surface area contributed by atoms with Gasteiger partial charge in [-0.1, -0.05) is 24.6 Å². The van der Waals surface area contributed by atoms with Crippen molar-refractivity contribution in [2.24, 2.45) is 0 Å². The fourth-order valence-electron chi connectivity index (χ4n) is 2.24. The van der Waals surface area contributed by atoms with E-state index in [0.717, 1.165) is 17.7 Å². The molecule has 5 heteroatoms. The van der Waals surface area contributed by atoms with Crippen LogP contribution in [0.1, 0.15) is 43.6 Å². The van der Waals surface area contributed by atoms with E-state index in [0.29, 0.717) is 12.5 Å². The zero-order chi connectivity index (χ0) is 15.4. The molecule has 1 aromatic carbocycles. The van der Waals surface area contributed by atoms with Crippen LogP contribution in [0.15, 0.2) is 30.5 Å². The third kappa shape index (κ3) is 3.83. The summed E-state index contributed by atoms with van der Waals surface area (Å²) >= 11 is 5.73. The molecule has 0 fully saturated rings. The molecule has 3 nitrogen and oxygen atoms in total. The number of benzene rings is 1. The molecule has 0 saturated heterocycles. The molecule has 1 aromatic heterocycles.